The van der Waals surface area contributed by atoms with Gasteiger partial charge in [-0.1, -0.05) is 0 Å². The number of ether oxygens (including phenoxy) is 1. The molecule has 0 atom stereocenters. The van der Waals surface area contributed by atoms with Crippen LogP contribution in [0.25, 0.3) is 0 Å². The highest BCUT2D eigenvalue weighted by atomic mass is 19.4. The van der Waals surface area contributed by atoms with Crippen molar-refractivity contribution in [1.29, 1.82) is 0 Å². The van der Waals surface area contributed by atoms with E-state index in [1.54, 1.807) is 13.8 Å². The predicted molar refractivity (Wildman–Crippen MR) is 74.2 cm³/mol. The van der Waals surface area contributed by atoms with E-state index in [4.69, 9.17) is 5.11 Å². The fourth-order valence-corrected chi connectivity index (χ4v) is 1.75. The third-order valence-electron chi connectivity index (χ3n) is 2.82. The molecule has 1 aromatic rings. The SMILES string of the molecule is CC(C)N(CCC(=O)O)C(=O)c1ccnc(OCC(F)(F)F)c1. The first-order chi connectivity index (χ1) is 10.6. The number of hydrogen-bond donors (Lipinski definition) is 1. The molecule has 0 unspecified atom stereocenters. The molecule has 0 aromatic carbocycles. The van der Waals surface area contributed by atoms with Gasteiger partial charge in [0.05, 0.1) is 6.42 Å². The van der Waals surface area contributed by atoms with Gasteiger partial charge in [0.25, 0.3) is 5.91 Å². The average molecular weight is 334 g/mol. The molecule has 0 bridgehead atoms. The maximum absolute atomic E-state index is 12.4. The summed E-state index contributed by atoms with van der Waals surface area (Å²) < 4.78 is 40.9. The molecular weight excluding hydrogens is 317 g/mol. The second-order valence-corrected chi connectivity index (χ2v) is 5.02. The molecule has 1 rings (SSSR count). The van der Waals surface area contributed by atoms with Gasteiger partial charge in [-0.05, 0) is 19.9 Å². The number of carbonyl (C=O) groups excluding carboxylic acids is 1. The van der Waals surface area contributed by atoms with Crippen LogP contribution in [0.15, 0.2) is 18.3 Å². The Labute approximate surface area is 130 Å². The molecule has 0 aliphatic heterocycles. The topological polar surface area (TPSA) is 79.7 Å². The number of nitrogens with zero attached hydrogens (tertiary/aromatic N) is 2. The molecule has 1 heterocycles. The normalized spacial score (nSPS) is 11.4. The zero-order valence-electron chi connectivity index (χ0n) is 12.6. The number of carbonyl (C=O) groups is 2. The standard InChI is InChI=1S/C14H17F3N2O4/c1-9(2)19(6-4-12(20)21)13(22)10-3-5-18-11(7-10)23-8-14(15,16)17/h3,5,7,9H,4,6,8H2,1-2H3,(H,20,21). The summed E-state index contributed by atoms with van der Waals surface area (Å²) >= 11 is 0. The first-order valence-corrected chi connectivity index (χ1v) is 6.78. The zero-order chi connectivity index (χ0) is 17.6. The Morgan fingerprint density at radius 2 is 2.04 bits per heavy atom. The summed E-state index contributed by atoms with van der Waals surface area (Å²) in [5, 5.41) is 8.71. The van der Waals surface area contributed by atoms with Crippen molar-refractivity contribution in [3.63, 3.8) is 0 Å². The summed E-state index contributed by atoms with van der Waals surface area (Å²) in [5.74, 6) is -1.87. The lowest BCUT2D eigenvalue weighted by Gasteiger charge is -2.26. The number of pyridine rings is 1. The number of rotatable bonds is 7. The Kier molecular flexibility index (Phi) is 6.35. The summed E-state index contributed by atoms with van der Waals surface area (Å²) in [5.41, 5.74) is 0.0799. The van der Waals surface area contributed by atoms with Crippen molar-refractivity contribution >= 4 is 11.9 Å². The summed E-state index contributed by atoms with van der Waals surface area (Å²) in [6.45, 7) is 1.90. The number of carboxylic acids is 1. The molecule has 6 nitrogen and oxygen atoms in total. The third-order valence-corrected chi connectivity index (χ3v) is 2.82. The number of hydrogen-bond acceptors (Lipinski definition) is 4. The molecule has 1 aromatic heterocycles. The van der Waals surface area contributed by atoms with Gasteiger partial charge in [-0.25, -0.2) is 4.98 Å². The first kappa shape index (κ1) is 18.7. The van der Waals surface area contributed by atoms with Crippen molar-refractivity contribution in [1.82, 2.24) is 9.88 Å². The van der Waals surface area contributed by atoms with E-state index in [0.717, 1.165) is 12.3 Å². The molecule has 0 saturated heterocycles. The highest BCUT2D eigenvalue weighted by Crippen LogP contribution is 2.18. The number of aliphatic carboxylic acids is 1. The average Bonchev–Trinajstić information content (AvgIpc) is 2.44. The minimum absolute atomic E-state index is 0.00705. The van der Waals surface area contributed by atoms with Crippen LogP contribution in [0, 0.1) is 0 Å². The Hall–Kier alpha value is -2.32. The maximum Gasteiger partial charge on any atom is 0.422 e. The molecule has 0 radical (unpaired) electrons. The molecule has 0 spiro atoms. The smallest absolute Gasteiger partial charge is 0.422 e. The molecule has 0 aliphatic carbocycles. The van der Waals surface area contributed by atoms with Crippen LogP contribution in [-0.2, 0) is 4.79 Å². The highest BCUT2D eigenvalue weighted by molar-refractivity contribution is 5.94. The van der Waals surface area contributed by atoms with E-state index in [-0.39, 0.29) is 30.5 Å². The van der Waals surface area contributed by atoms with Crippen LogP contribution in [-0.4, -0.2) is 52.2 Å². The predicted octanol–water partition coefficient (Wildman–Crippen LogP) is 2.35. The van der Waals surface area contributed by atoms with Gasteiger partial charge in [-0.2, -0.15) is 13.2 Å². The Bertz CT molecular complexity index is 561. The van der Waals surface area contributed by atoms with Crippen LogP contribution in [0.4, 0.5) is 13.2 Å². The van der Waals surface area contributed by atoms with E-state index in [1.165, 1.54) is 11.0 Å². The molecule has 0 aliphatic rings. The lowest BCUT2D eigenvalue weighted by atomic mass is 10.2. The highest BCUT2D eigenvalue weighted by Gasteiger charge is 2.29. The Balaban J connectivity index is 2.86. The molecule has 0 fully saturated rings. The molecular formula is C14H17F3N2O4. The summed E-state index contributed by atoms with van der Waals surface area (Å²) in [6, 6.07) is 2.16. The monoisotopic (exact) mass is 334 g/mol. The van der Waals surface area contributed by atoms with E-state index in [1.807, 2.05) is 0 Å². The van der Waals surface area contributed by atoms with Crippen LogP contribution in [0.5, 0.6) is 5.88 Å². The lowest BCUT2D eigenvalue weighted by molar-refractivity contribution is -0.154. The molecule has 1 amide bonds. The van der Waals surface area contributed by atoms with Gasteiger partial charge in [0, 0.05) is 30.4 Å². The summed E-state index contributed by atoms with van der Waals surface area (Å²) in [7, 11) is 0. The second kappa shape index (κ2) is 7.80. The van der Waals surface area contributed by atoms with Crippen molar-refractivity contribution in [3.05, 3.63) is 23.9 Å². The third kappa shape index (κ3) is 6.54. The molecule has 128 valence electrons. The van der Waals surface area contributed by atoms with Gasteiger partial charge >= 0.3 is 12.1 Å². The fourth-order valence-electron chi connectivity index (χ4n) is 1.75. The van der Waals surface area contributed by atoms with Crippen LogP contribution in [0.2, 0.25) is 0 Å². The number of aromatic nitrogens is 1. The minimum atomic E-state index is -4.51. The van der Waals surface area contributed by atoms with E-state index in [2.05, 4.69) is 9.72 Å². The number of alkyl halides is 3. The number of amides is 1. The van der Waals surface area contributed by atoms with Crippen LogP contribution in [0.3, 0.4) is 0 Å². The molecule has 9 heteroatoms. The molecule has 0 saturated carbocycles. The van der Waals surface area contributed by atoms with Gasteiger partial charge in [0.1, 0.15) is 0 Å². The zero-order valence-corrected chi connectivity index (χ0v) is 12.6. The van der Waals surface area contributed by atoms with Crippen LogP contribution >= 0.6 is 0 Å². The fraction of sp³-hybridized carbons (Fsp3) is 0.500. The van der Waals surface area contributed by atoms with Crippen molar-refractivity contribution in [2.75, 3.05) is 13.2 Å². The molecule has 23 heavy (non-hydrogen) atoms. The van der Waals surface area contributed by atoms with Gasteiger partial charge in [0.15, 0.2) is 6.61 Å². The Morgan fingerprint density at radius 3 is 2.57 bits per heavy atom. The van der Waals surface area contributed by atoms with E-state index in [0.29, 0.717) is 0 Å². The Morgan fingerprint density at radius 1 is 1.39 bits per heavy atom. The van der Waals surface area contributed by atoms with Crippen molar-refractivity contribution in [3.8, 4) is 5.88 Å². The molecule has 1 N–H and O–H groups in total. The number of carboxylic acid groups (broad SMARTS) is 1. The van der Waals surface area contributed by atoms with Gasteiger partial charge in [-0.15, -0.1) is 0 Å². The quantitative estimate of drug-likeness (QED) is 0.828. The second-order valence-electron chi connectivity index (χ2n) is 5.02. The van der Waals surface area contributed by atoms with Crippen LogP contribution < -0.4 is 4.74 Å². The largest absolute Gasteiger partial charge is 0.481 e. The summed E-state index contributed by atoms with van der Waals surface area (Å²) in [4.78, 5) is 28.0. The number of halogens is 3. The van der Waals surface area contributed by atoms with Crippen molar-refractivity contribution < 1.29 is 32.6 Å². The maximum atomic E-state index is 12.4. The van der Waals surface area contributed by atoms with Gasteiger partial charge in [0.2, 0.25) is 5.88 Å². The van der Waals surface area contributed by atoms with E-state index >= 15 is 0 Å². The van der Waals surface area contributed by atoms with Crippen molar-refractivity contribution in [2.45, 2.75) is 32.5 Å². The van der Waals surface area contributed by atoms with Crippen LogP contribution in [0.1, 0.15) is 30.6 Å². The van der Waals surface area contributed by atoms with Gasteiger partial charge in [-0.3, -0.25) is 9.59 Å². The van der Waals surface area contributed by atoms with E-state index < -0.39 is 24.7 Å². The van der Waals surface area contributed by atoms with E-state index in [9.17, 15) is 22.8 Å². The van der Waals surface area contributed by atoms with Crippen molar-refractivity contribution in [2.24, 2.45) is 0 Å². The lowest BCUT2D eigenvalue weighted by Crippen LogP contribution is -2.38. The summed E-state index contributed by atoms with van der Waals surface area (Å²) in [6.07, 6.45) is -3.58. The first-order valence-electron chi connectivity index (χ1n) is 6.78. The van der Waals surface area contributed by atoms with Gasteiger partial charge < -0.3 is 14.7 Å². The minimum Gasteiger partial charge on any atom is -0.481 e.